The molecule has 2 aliphatic rings. The molecule has 1 nitrogen and oxygen atoms in total. The van der Waals surface area contributed by atoms with Gasteiger partial charge in [-0.2, -0.15) is 0 Å². The van der Waals surface area contributed by atoms with Gasteiger partial charge in [-0.25, -0.2) is 0 Å². The lowest BCUT2D eigenvalue weighted by molar-refractivity contribution is 0.241. The fourth-order valence-electron chi connectivity index (χ4n) is 2.45. The first-order valence-corrected chi connectivity index (χ1v) is 5.12. The number of nitrogens with zero attached hydrogens (tertiary/aromatic N) is 1. The molecule has 2 heterocycles. The molecule has 1 aromatic carbocycles. The van der Waals surface area contributed by atoms with E-state index in [-0.39, 0.29) is 0 Å². The number of fused-ring (bicyclic) bond motifs is 3. The van der Waals surface area contributed by atoms with Crippen LogP contribution in [-0.2, 0) is 6.54 Å². The van der Waals surface area contributed by atoms with Crippen molar-refractivity contribution in [2.45, 2.75) is 19.0 Å². The molecular formula is C13H13N. The van der Waals surface area contributed by atoms with Crippen molar-refractivity contribution in [3.05, 3.63) is 54.0 Å². The molecule has 3 rings (SSSR count). The van der Waals surface area contributed by atoms with E-state index in [4.69, 9.17) is 6.92 Å². The van der Waals surface area contributed by atoms with Crippen LogP contribution in [-0.4, -0.2) is 11.4 Å². The average molecular weight is 183 g/mol. The first-order valence-electron chi connectivity index (χ1n) is 5.12. The highest BCUT2D eigenvalue weighted by atomic mass is 15.2. The van der Waals surface area contributed by atoms with E-state index in [0.29, 0.717) is 6.04 Å². The van der Waals surface area contributed by atoms with Crippen LogP contribution in [0.2, 0.25) is 0 Å². The summed E-state index contributed by atoms with van der Waals surface area (Å²) in [6, 6.07) is 9.11. The smallest absolute Gasteiger partial charge is 0.0540 e. The van der Waals surface area contributed by atoms with Crippen LogP contribution in [0.1, 0.15) is 23.6 Å². The van der Waals surface area contributed by atoms with Crippen LogP contribution in [0.4, 0.5) is 0 Å². The molecule has 0 fully saturated rings. The molecule has 0 aromatic heterocycles. The molecule has 0 saturated heterocycles. The highest BCUT2D eigenvalue weighted by Gasteiger charge is 2.29. The minimum atomic E-state index is 0.444. The lowest BCUT2D eigenvalue weighted by Gasteiger charge is -2.27. The SMILES string of the molecule is [CH]C1=CC2c3ccccc3CN2CC1. The molecule has 0 bridgehead atoms. The van der Waals surface area contributed by atoms with Crippen LogP contribution in [0.5, 0.6) is 0 Å². The second-order valence-corrected chi connectivity index (χ2v) is 4.11. The predicted molar refractivity (Wildman–Crippen MR) is 56.6 cm³/mol. The van der Waals surface area contributed by atoms with E-state index in [1.807, 2.05) is 0 Å². The molecule has 2 aliphatic heterocycles. The third-order valence-electron chi connectivity index (χ3n) is 3.20. The summed E-state index contributed by atoms with van der Waals surface area (Å²) in [5, 5.41) is 0. The molecule has 0 saturated carbocycles. The number of hydrogen-bond acceptors (Lipinski definition) is 1. The Labute approximate surface area is 85.0 Å². The van der Waals surface area contributed by atoms with Gasteiger partial charge in [-0.3, -0.25) is 4.90 Å². The molecule has 0 aliphatic carbocycles. The van der Waals surface area contributed by atoms with Gasteiger partial charge in [0.2, 0.25) is 0 Å². The maximum Gasteiger partial charge on any atom is 0.0540 e. The van der Waals surface area contributed by atoms with E-state index in [1.165, 1.54) is 11.1 Å². The lowest BCUT2D eigenvalue weighted by atomic mass is 9.99. The minimum absolute atomic E-state index is 0.444. The normalized spacial score (nSPS) is 25.5. The molecule has 14 heavy (non-hydrogen) atoms. The second-order valence-electron chi connectivity index (χ2n) is 4.11. The second kappa shape index (κ2) is 2.96. The largest absolute Gasteiger partial charge is 0.288 e. The molecule has 1 aromatic rings. The van der Waals surface area contributed by atoms with E-state index in [1.54, 1.807) is 0 Å². The Bertz CT molecular complexity index is 392. The Kier molecular flexibility index (Phi) is 1.74. The van der Waals surface area contributed by atoms with Crippen molar-refractivity contribution >= 4 is 0 Å². The quantitative estimate of drug-likeness (QED) is 0.597. The highest BCUT2D eigenvalue weighted by molar-refractivity contribution is 5.38. The fourth-order valence-corrected chi connectivity index (χ4v) is 2.45. The Morgan fingerprint density at radius 2 is 2.14 bits per heavy atom. The molecule has 0 spiro atoms. The Hall–Kier alpha value is -1.08. The monoisotopic (exact) mass is 183 g/mol. The summed E-state index contributed by atoms with van der Waals surface area (Å²) in [6.07, 6.45) is 3.22. The summed E-state index contributed by atoms with van der Waals surface area (Å²) < 4.78 is 0. The van der Waals surface area contributed by atoms with Gasteiger partial charge in [-0.05, 0) is 24.5 Å². The summed E-state index contributed by atoms with van der Waals surface area (Å²) >= 11 is 0. The van der Waals surface area contributed by atoms with E-state index < -0.39 is 0 Å². The zero-order valence-corrected chi connectivity index (χ0v) is 8.11. The Morgan fingerprint density at radius 1 is 1.29 bits per heavy atom. The van der Waals surface area contributed by atoms with Crippen LogP contribution in [0.25, 0.3) is 0 Å². The maximum absolute atomic E-state index is 5.88. The zero-order chi connectivity index (χ0) is 9.54. The molecule has 2 radical (unpaired) electrons. The zero-order valence-electron chi connectivity index (χ0n) is 8.11. The fraction of sp³-hybridized carbons (Fsp3) is 0.308. The maximum atomic E-state index is 5.88. The van der Waals surface area contributed by atoms with Crippen LogP contribution in [0.3, 0.4) is 0 Å². The van der Waals surface area contributed by atoms with Crippen molar-refractivity contribution in [3.63, 3.8) is 0 Å². The molecule has 1 atom stereocenters. The van der Waals surface area contributed by atoms with Gasteiger partial charge in [0.05, 0.1) is 6.04 Å². The third kappa shape index (κ3) is 1.12. The van der Waals surface area contributed by atoms with Crippen molar-refractivity contribution in [1.82, 2.24) is 4.90 Å². The first-order chi connectivity index (χ1) is 6.84. The minimum Gasteiger partial charge on any atom is -0.288 e. The van der Waals surface area contributed by atoms with Crippen LogP contribution in [0, 0.1) is 6.92 Å². The van der Waals surface area contributed by atoms with E-state index >= 15 is 0 Å². The topological polar surface area (TPSA) is 3.24 Å². The van der Waals surface area contributed by atoms with Crippen LogP contribution in [0.15, 0.2) is 35.9 Å². The average Bonchev–Trinajstić information content (AvgIpc) is 2.56. The number of benzene rings is 1. The van der Waals surface area contributed by atoms with Crippen molar-refractivity contribution in [2.75, 3.05) is 6.54 Å². The van der Waals surface area contributed by atoms with Gasteiger partial charge >= 0.3 is 0 Å². The summed E-state index contributed by atoms with van der Waals surface area (Å²) in [5.74, 6) is 0. The Balaban J connectivity index is 2.07. The molecular weight excluding hydrogens is 170 g/mol. The summed E-state index contributed by atoms with van der Waals surface area (Å²) in [6.45, 7) is 8.07. The van der Waals surface area contributed by atoms with E-state index in [0.717, 1.165) is 25.1 Å². The predicted octanol–water partition coefficient (Wildman–Crippen LogP) is 2.58. The van der Waals surface area contributed by atoms with Crippen molar-refractivity contribution in [1.29, 1.82) is 0 Å². The standard InChI is InChI=1S/C13H13N/c1-10-6-7-14-9-11-4-2-3-5-12(11)13(14)8-10/h1-5,8,13H,6-7,9H2. The molecule has 1 heteroatoms. The van der Waals surface area contributed by atoms with Gasteiger partial charge in [0.25, 0.3) is 0 Å². The molecule has 70 valence electrons. The van der Waals surface area contributed by atoms with Crippen molar-refractivity contribution in [3.8, 4) is 0 Å². The van der Waals surface area contributed by atoms with Gasteiger partial charge in [0.1, 0.15) is 0 Å². The Morgan fingerprint density at radius 3 is 3.07 bits per heavy atom. The van der Waals surface area contributed by atoms with E-state index in [9.17, 15) is 0 Å². The van der Waals surface area contributed by atoms with Crippen LogP contribution >= 0.6 is 0 Å². The summed E-state index contributed by atoms with van der Waals surface area (Å²) in [7, 11) is 0. The van der Waals surface area contributed by atoms with Gasteiger partial charge in [0.15, 0.2) is 0 Å². The third-order valence-corrected chi connectivity index (χ3v) is 3.20. The van der Waals surface area contributed by atoms with Gasteiger partial charge < -0.3 is 0 Å². The molecule has 0 amide bonds. The number of rotatable bonds is 0. The molecule has 1 unspecified atom stereocenters. The van der Waals surface area contributed by atoms with Gasteiger partial charge in [0, 0.05) is 13.1 Å². The van der Waals surface area contributed by atoms with Crippen LogP contribution < -0.4 is 0 Å². The van der Waals surface area contributed by atoms with E-state index in [2.05, 4.69) is 35.2 Å². The molecule has 0 N–H and O–H groups in total. The van der Waals surface area contributed by atoms with Crippen molar-refractivity contribution < 1.29 is 0 Å². The summed E-state index contributed by atoms with van der Waals surface area (Å²) in [4.78, 5) is 2.49. The first kappa shape index (κ1) is 8.25. The summed E-state index contributed by atoms with van der Waals surface area (Å²) in [5.41, 5.74) is 3.95. The lowest BCUT2D eigenvalue weighted by Crippen LogP contribution is -2.25. The van der Waals surface area contributed by atoms with Gasteiger partial charge in [-0.15, -0.1) is 0 Å². The highest BCUT2D eigenvalue weighted by Crippen LogP contribution is 2.37. The van der Waals surface area contributed by atoms with Crippen molar-refractivity contribution in [2.24, 2.45) is 0 Å². The van der Waals surface area contributed by atoms with Gasteiger partial charge in [-0.1, -0.05) is 35.9 Å². The number of hydrogen-bond donors (Lipinski definition) is 0.